The fraction of sp³-hybridized carbons (Fsp3) is 0.167. The van der Waals surface area contributed by atoms with Gasteiger partial charge in [0, 0.05) is 17.3 Å². The summed E-state index contributed by atoms with van der Waals surface area (Å²) < 4.78 is 3.18. The molecule has 0 bridgehead atoms. The van der Waals surface area contributed by atoms with Gasteiger partial charge in [0.2, 0.25) is 0 Å². The first-order chi connectivity index (χ1) is 4.97. The van der Waals surface area contributed by atoms with Gasteiger partial charge in [-0.05, 0) is 18.0 Å². The fourth-order valence-corrected chi connectivity index (χ4v) is 2.14. The van der Waals surface area contributed by atoms with Crippen molar-refractivity contribution in [3.63, 3.8) is 0 Å². The highest BCUT2D eigenvalue weighted by Crippen LogP contribution is 2.21. The van der Waals surface area contributed by atoms with Crippen LogP contribution >= 0.6 is 23.3 Å². The van der Waals surface area contributed by atoms with E-state index < -0.39 is 0 Å². The quantitative estimate of drug-likeness (QED) is 0.650. The van der Waals surface area contributed by atoms with E-state index in [2.05, 4.69) is 15.8 Å². The first kappa shape index (κ1) is 6.24. The van der Waals surface area contributed by atoms with Gasteiger partial charge in [-0.2, -0.15) is 0 Å². The molecule has 4 heteroatoms. The first-order valence-electron chi connectivity index (χ1n) is 2.94. The normalized spacial score (nSPS) is 16.6. The molecule has 10 heavy (non-hydrogen) atoms. The standard InChI is InChI=1S/C6H6N2S2/c1-3-10-8-5(1)6-7-2-4-9-6/h1-2,4,8H,3H2. The van der Waals surface area contributed by atoms with Gasteiger partial charge in [0.05, 0.1) is 5.70 Å². The van der Waals surface area contributed by atoms with Crippen LogP contribution in [0.3, 0.4) is 0 Å². The van der Waals surface area contributed by atoms with Crippen LogP contribution in [0.25, 0.3) is 5.70 Å². The molecule has 0 aromatic carbocycles. The van der Waals surface area contributed by atoms with Crippen molar-refractivity contribution in [2.24, 2.45) is 0 Å². The number of rotatable bonds is 1. The SMILES string of the molecule is C1=C(c2nccs2)NSC1. The zero-order valence-electron chi connectivity index (χ0n) is 5.20. The minimum atomic E-state index is 1.05. The molecule has 2 rings (SSSR count). The lowest BCUT2D eigenvalue weighted by atomic mass is 10.4. The number of thiazole rings is 1. The Labute approximate surface area is 67.5 Å². The largest absolute Gasteiger partial charge is 0.327 e. The number of hydrogen-bond donors (Lipinski definition) is 1. The summed E-state index contributed by atoms with van der Waals surface area (Å²) in [6.45, 7) is 0. The van der Waals surface area contributed by atoms with Crippen LogP contribution in [0.15, 0.2) is 17.7 Å². The topological polar surface area (TPSA) is 24.9 Å². The van der Waals surface area contributed by atoms with Crippen LogP contribution in [0.2, 0.25) is 0 Å². The third-order valence-electron chi connectivity index (χ3n) is 1.22. The molecule has 0 saturated carbocycles. The molecule has 0 saturated heterocycles. The second kappa shape index (κ2) is 2.64. The summed E-state index contributed by atoms with van der Waals surface area (Å²) >= 11 is 3.37. The summed E-state index contributed by atoms with van der Waals surface area (Å²) in [5.74, 6) is 1.05. The summed E-state index contributed by atoms with van der Waals surface area (Å²) in [5, 5.41) is 3.07. The summed E-state index contributed by atoms with van der Waals surface area (Å²) in [4.78, 5) is 4.17. The average molecular weight is 170 g/mol. The van der Waals surface area contributed by atoms with Gasteiger partial charge >= 0.3 is 0 Å². The lowest BCUT2D eigenvalue weighted by Gasteiger charge is -1.95. The van der Waals surface area contributed by atoms with Crippen LogP contribution in [-0.4, -0.2) is 10.7 Å². The van der Waals surface area contributed by atoms with Crippen molar-refractivity contribution in [2.45, 2.75) is 0 Å². The average Bonchev–Trinajstić information content (AvgIpc) is 2.59. The van der Waals surface area contributed by atoms with E-state index in [1.807, 2.05) is 11.6 Å². The lowest BCUT2D eigenvalue weighted by molar-refractivity contribution is 1.32. The smallest absolute Gasteiger partial charge is 0.139 e. The molecular formula is C6H6N2S2. The number of nitrogens with one attached hydrogen (secondary N) is 1. The van der Waals surface area contributed by atoms with Gasteiger partial charge < -0.3 is 4.72 Å². The Kier molecular flexibility index (Phi) is 1.65. The van der Waals surface area contributed by atoms with Gasteiger partial charge in [-0.25, -0.2) is 4.98 Å². The van der Waals surface area contributed by atoms with Crippen molar-refractivity contribution in [2.75, 3.05) is 5.75 Å². The molecule has 0 atom stereocenters. The number of aromatic nitrogens is 1. The molecule has 0 aliphatic carbocycles. The number of hydrogen-bond acceptors (Lipinski definition) is 4. The Morgan fingerprint density at radius 3 is 3.20 bits per heavy atom. The van der Waals surface area contributed by atoms with E-state index in [1.54, 1.807) is 23.3 Å². The van der Waals surface area contributed by atoms with Crippen LogP contribution < -0.4 is 4.72 Å². The number of nitrogens with zero attached hydrogens (tertiary/aromatic N) is 1. The van der Waals surface area contributed by atoms with Crippen molar-refractivity contribution in [1.82, 2.24) is 9.71 Å². The minimum Gasteiger partial charge on any atom is -0.327 e. The van der Waals surface area contributed by atoms with Crippen LogP contribution in [0.5, 0.6) is 0 Å². The maximum Gasteiger partial charge on any atom is 0.139 e. The molecule has 0 amide bonds. The Morgan fingerprint density at radius 2 is 2.60 bits per heavy atom. The van der Waals surface area contributed by atoms with Crippen molar-refractivity contribution < 1.29 is 0 Å². The van der Waals surface area contributed by atoms with E-state index in [0.29, 0.717) is 0 Å². The second-order valence-electron chi connectivity index (χ2n) is 1.87. The third-order valence-corrected chi connectivity index (χ3v) is 2.72. The molecule has 0 spiro atoms. The van der Waals surface area contributed by atoms with Gasteiger partial charge in [-0.3, -0.25) is 0 Å². The lowest BCUT2D eigenvalue weighted by Crippen LogP contribution is -1.94. The van der Waals surface area contributed by atoms with Gasteiger partial charge in [0.15, 0.2) is 0 Å². The fourth-order valence-electron chi connectivity index (χ4n) is 0.774. The van der Waals surface area contributed by atoms with Crippen LogP contribution in [0.1, 0.15) is 5.01 Å². The first-order valence-corrected chi connectivity index (χ1v) is 4.81. The maximum atomic E-state index is 4.17. The Hall–Kier alpha value is -0.480. The van der Waals surface area contributed by atoms with Crippen molar-refractivity contribution in [1.29, 1.82) is 0 Å². The highest BCUT2D eigenvalue weighted by molar-refractivity contribution is 7.98. The monoisotopic (exact) mass is 170 g/mol. The Bertz CT molecular complexity index is 240. The second-order valence-corrected chi connectivity index (χ2v) is 3.59. The molecule has 1 aromatic heterocycles. The molecule has 1 aliphatic heterocycles. The van der Waals surface area contributed by atoms with Gasteiger partial charge in [-0.15, -0.1) is 11.3 Å². The van der Waals surface area contributed by atoms with E-state index in [4.69, 9.17) is 0 Å². The maximum absolute atomic E-state index is 4.17. The molecule has 1 N–H and O–H groups in total. The molecule has 1 aliphatic rings. The van der Waals surface area contributed by atoms with Gasteiger partial charge in [0.1, 0.15) is 5.01 Å². The molecule has 0 fully saturated rings. The summed E-state index contributed by atoms with van der Waals surface area (Å²) in [6.07, 6.45) is 3.98. The molecule has 52 valence electrons. The summed E-state index contributed by atoms with van der Waals surface area (Å²) in [7, 11) is 0. The van der Waals surface area contributed by atoms with E-state index in [0.717, 1.165) is 10.8 Å². The Morgan fingerprint density at radius 1 is 1.60 bits per heavy atom. The predicted octanol–water partition coefficient (Wildman–Crippen LogP) is 1.74. The zero-order chi connectivity index (χ0) is 6.81. The van der Waals surface area contributed by atoms with E-state index >= 15 is 0 Å². The van der Waals surface area contributed by atoms with E-state index in [-0.39, 0.29) is 0 Å². The zero-order valence-corrected chi connectivity index (χ0v) is 6.84. The molecule has 0 radical (unpaired) electrons. The third kappa shape index (κ3) is 1.04. The molecule has 2 nitrogen and oxygen atoms in total. The van der Waals surface area contributed by atoms with Crippen molar-refractivity contribution >= 4 is 29.0 Å². The predicted molar refractivity (Wildman–Crippen MR) is 45.7 cm³/mol. The molecule has 2 heterocycles. The Balaban J connectivity index is 2.28. The van der Waals surface area contributed by atoms with Gasteiger partial charge in [-0.1, -0.05) is 0 Å². The van der Waals surface area contributed by atoms with E-state index in [1.165, 1.54) is 5.70 Å². The highest BCUT2D eigenvalue weighted by Gasteiger charge is 2.07. The van der Waals surface area contributed by atoms with Gasteiger partial charge in [0.25, 0.3) is 0 Å². The summed E-state index contributed by atoms with van der Waals surface area (Å²) in [5.41, 5.74) is 1.17. The van der Waals surface area contributed by atoms with Crippen LogP contribution in [0.4, 0.5) is 0 Å². The van der Waals surface area contributed by atoms with Crippen LogP contribution in [-0.2, 0) is 0 Å². The van der Waals surface area contributed by atoms with Crippen molar-refractivity contribution in [3.05, 3.63) is 22.7 Å². The summed E-state index contributed by atoms with van der Waals surface area (Å²) in [6, 6.07) is 0. The van der Waals surface area contributed by atoms with E-state index in [9.17, 15) is 0 Å². The molecular weight excluding hydrogens is 164 g/mol. The highest BCUT2D eigenvalue weighted by atomic mass is 32.2. The van der Waals surface area contributed by atoms with Crippen molar-refractivity contribution in [3.8, 4) is 0 Å². The molecule has 0 unspecified atom stereocenters. The van der Waals surface area contributed by atoms with Crippen LogP contribution in [0, 0.1) is 0 Å². The molecule has 1 aromatic rings. The minimum absolute atomic E-state index is 1.05.